The lowest BCUT2D eigenvalue weighted by Gasteiger charge is -2.43. The fraction of sp³-hybridized carbons (Fsp3) is 0.536. The van der Waals surface area contributed by atoms with Crippen LogP contribution in [0.15, 0.2) is 48.4 Å². The number of rotatable bonds is 8. The van der Waals surface area contributed by atoms with Gasteiger partial charge < -0.3 is 9.80 Å². The van der Waals surface area contributed by atoms with Gasteiger partial charge in [0.15, 0.2) is 0 Å². The summed E-state index contributed by atoms with van der Waals surface area (Å²) in [6.07, 6.45) is 4.73. The molecule has 0 N–H and O–H groups in total. The summed E-state index contributed by atoms with van der Waals surface area (Å²) in [4.78, 5) is 25.9. The molecular formula is C28H37N5O3S. The van der Waals surface area contributed by atoms with Crippen LogP contribution in [0.1, 0.15) is 53.5 Å². The molecule has 198 valence electrons. The smallest absolute Gasteiger partial charge is 0.257 e. The van der Waals surface area contributed by atoms with E-state index in [1.165, 1.54) is 17.5 Å². The summed E-state index contributed by atoms with van der Waals surface area (Å²) in [5.74, 6) is 1.03. The molecule has 3 aliphatic heterocycles. The lowest BCUT2D eigenvalue weighted by atomic mass is 9.80. The van der Waals surface area contributed by atoms with Crippen LogP contribution in [0.2, 0.25) is 0 Å². The van der Waals surface area contributed by atoms with Gasteiger partial charge in [-0.2, -0.15) is 0 Å². The number of fused-ring (bicyclic) bond motifs is 1. The number of aromatic nitrogens is 2. The largest absolute Gasteiger partial charge is 0.377 e. The first-order valence-electron chi connectivity index (χ1n) is 13.2. The monoisotopic (exact) mass is 523 g/mol. The number of benzene rings is 1. The third-order valence-corrected chi connectivity index (χ3v) is 10.4. The molecule has 5 rings (SSSR count). The van der Waals surface area contributed by atoms with Gasteiger partial charge in [0.05, 0.1) is 22.2 Å². The minimum absolute atomic E-state index is 0.0208. The number of hydrogen-bond acceptors (Lipinski definition) is 6. The van der Waals surface area contributed by atoms with E-state index >= 15 is 0 Å². The van der Waals surface area contributed by atoms with Crippen molar-refractivity contribution in [3.63, 3.8) is 0 Å². The Kier molecular flexibility index (Phi) is 7.11. The average Bonchev–Trinajstić information content (AvgIpc) is 3.39. The standard InChI is InChI=1S/C28H37N5O3S/c1-19(2)37(35,36)33-16-25(17-33)26(22-8-6-5-7-9-22)10-11-31-12-23-14-32(15-24(23)13-31)28(34)27-20(3)29-18-30-21(27)4/h5-9,12,18-19,24-26H,10-11,13-17H2,1-4H3. The third-order valence-electron chi connectivity index (χ3n) is 8.23. The van der Waals surface area contributed by atoms with Crippen molar-refractivity contribution in [2.75, 3.05) is 39.3 Å². The number of likely N-dealkylation sites (tertiary alicyclic amines) is 1. The van der Waals surface area contributed by atoms with Crippen molar-refractivity contribution in [2.24, 2.45) is 11.8 Å². The Balaban J connectivity index is 1.22. The molecule has 0 spiro atoms. The van der Waals surface area contributed by atoms with E-state index in [1.807, 2.05) is 24.8 Å². The van der Waals surface area contributed by atoms with Crippen molar-refractivity contribution in [3.8, 4) is 0 Å². The Bertz CT molecular complexity index is 1270. The molecule has 2 fully saturated rings. The molecule has 0 saturated carbocycles. The van der Waals surface area contributed by atoms with E-state index in [0.717, 1.165) is 37.4 Å². The fourth-order valence-electron chi connectivity index (χ4n) is 5.97. The van der Waals surface area contributed by atoms with Gasteiger partial charge in [-0.25, -0.2) is 22.7 Å². The number of hydrogen-bond donors (Lipinski definition) is 0. The number of carbonyl (C=O) groups excluding carboxylic acids is 1. The van der Waals surface area contributed by atoms with Crippen molar-refractivity contribution >= 4 is 15.9 Å². The summed E-state index contributed by atoms with van der Waals surface area (Å²) in [5, 5.41) is -0.382. The van der Waals surface area contributed by atoms with Crippen LogP contribution in [0, 0.1) is 25.7 Å². The van der Waals surface area contributed by atoms with Gasteiger partial charge in [-0.1, -0.05) is 30.3 Å². The van der Waals surface area contributed by atoms with Crippen LogP contribution in [0.5, 0.6) is 0 Å². The average molecular weight is 524 g/mol. The first-order chi connectivity index (χ1) is 17.6. The van der Waals surface area contributed by atoms with Crippen LogP contribution in [0.25, 0.3) is 0 Å². The number of nitrogens with zero attached hydrogens (tertiary/aromatic N) is 5. The topological polar surface area (TPSA) is 86.7 Å². The molecule has 2 aromatic rings. The molecule has 9 heteroatoms. The molecule has 1 aromatic heterocycles. The van der Waals surface area contributed by atoms with Crippen molar-refractivity contribution in [1.82, 2.24) is 24.1 Å². The van der Waals surface area contributed by atoms with E-state index in [4.69, 9.17) is 0 Å². The first kappa shape index (κ1) is 25.9. The maximum absolute atomic E-state index is 13.2. The van der Waals surface area contributed by atoms with Crippen LogP contribution in [0.3, 0.4) is 0 Å². The van der Waals surface area contributed by atoms with Gasteiger partial charge in [-0.3, -0.25) is 4.79 Å². The second kappa shape index (κ2) is 10.2. The van der Waals surface area contributed by atoms with Crippen LogP contribution in [-0.4, -0.2) is 82.9 Å². The summed E-state index contributed by atoms with van der Waals surface area (Å²) in [6, 6.07) is 10.5. The zero-order valence-electron chi connectivity index (χ0n) is 22.2. The molecule has 2 atom stereocenters. The molecule has 2 unspecified atom stereocenters. The number of amides is 1. The number of aryl methyl sites for hydroxylation is 2. The van der Waals surface area contributed by atoms with Crippen LogP contribution in [0.4, 0.5) is 0 Å². The maximum Gasteiger partial charge on any atom is 0.257 e. The molecule has 1 amide bonds. The van der Waals surface area contributed by atoms with Crippen LogP contribution in [-0.2, 0) is 10.0 Å². The second-order valence-corrected chi connectivity index (χ2v) is 13.5. The van der Waals surface area contributed by atoms with Gasteiger partial charge in [0.2, 0.25) is 10.0 Å². The SMILES string of the molecule is Cc1ncnc(C)c1C(=O)N1CC2=CN(CCC(c3ccccc3)C3CN(S(=O)(=O)C(C)C)C3)CC2C1. The van der Waals surface area contributed by atoms with Gasteiger partial charge in [-0.15, -0.1) is 0 Å². The van der Waals surface area contributed by atoms with Gasteiger partial charge in [0.1, 0.15) is 6.33 Å². The van der Waals surface area contributed by atoms with E-state index in [0.29, 0.717) is 43.0 Å². The Morgan fingerprint density at radius 3 is 2.32 bits per heavy atom. The highest BCUT2D eigenvalue weighted by Gasteiger charge is 2.42. The normalized spacial score (nSPS) is 21.2. The predicted molar refractivity (Wildman–Crippen MR) is 143 cm³/mol. The van der Waals surface area contributed by atoms with E-state index in [2.05, 4.69) is 45.3 Å². The third kappa shape index (κ3) is 5.03. The molecule has 8 nitrogen and oxygen atoms in total. The molecule has 2 saturated heterocycles. The van der Waals surface area contributed by atoms with E-state index in [1.54, 1.807) is 18.2 Å². The molecular weight excluding hydrogens is 486 g/mol. The zero-order valence-corrected chi connectivity index (χ0v) is 23.0. The molecule has 0 aliphatic carbocycles. The first-order valence-corrected chi connectivity index (χ1v) is 14.7. The van der Waals surface area contributed by atoms with Crippen LogP contribution >= 0.6 is 0 Å². The van der Waals surface area contributed by atoms with Crippen LogP contribution < -0.4 is 0 Å². The van der Waals surface area contributed by atoms with Crippen molar-refractivity contribution in [1.29, 1.82) is 0 Å². The Labute approximate surface area is 220 Å². The summed E-state index contributed by atoms with van der Waals surface area (Å²) in [6.45, 7) is 11.6. The molecule has 0 radical (unpaired) electrons. The Morgan fingerprint density at radius 2 is 1.70 bits per heavy atom. The summed E-state index contributed by atoms with van der Waals surface area (Å²) in [7, 11) is -3.19. The summed E-state index contributed by atoms with van der Waals surface area (Å²) < 4.78 is 26.8. The van der Waals surface area contributed by atoms with Gasteiger partial charge in [0, 0.05) is 51.4 Å². The molecule has 37 heavy (non-hydrogen) atoms. The van der Waals surface area contributed by atoms with Crippen molar-refractivity contribution < 1.29 is 13.2 Å². The summed E-state index contributed by atoms with van der Waals surface area (Å²) >= 11 is 0. The second-order valence-electron chi connectivity index (χ2n) is 11.0. The molecule has 0 bridgehead atoms. The maximum atomic E-state index is 13.2. The highest BCUT2D eigenvalue weighted by Crippen LogP contribution is 2.38. The van der Waals surface area contributed by atoms with Crippen molar-refractivity contribution in [2.45, 2.75) is 45.3 Å². The lowest BCUT2D eigenvalue weighted by molar-refractivity contribution is 0.0782. The quantitative estimate of drug-likeness (QED) is 0.528. The van der Waals surface area contributed by atoms with Gasteiger partial charge in [-0.05, 0) is 57.1 Å². The number of sulfonamides is 1. The Morgan fingerprint density at radius 1 is 1.03 bits per heavy atom. The van der Waals surface area contributed by atoms with Gasteiger partial charge >= 0.3 is 0 Å². The predicted octanol–water partition coefficient (Wildman–Crippen LogP) is 3.21. The highest BCUT2D eigenvalue weighted by atomic mass is 32.2. The van der Waals surface area contributed by atoms with E-state index in [-0.39, 0.29) is 11.2 Å². The molecule has 1 aromatic carbocycles. The lowest BCUT2D eigenvalue weighted by Crippen LogP contribution is -2.54. The number of carbonyl (C=O) groups is 1. The molecule has 3 aliphatic rings. The minimum atomic E-state index is -3.19. The minimum Gasteiger partial charge on any atom is -0.377 e. The summed E-state index contributed by atoms with van der Waals surface area (Å²) in [5.41, 5.74) is 4.68. The Hall–Kier alpha value is -2.78. The molecule has 4 heterocycles. The van der Waals surface area contributed by atoms with E-state index < -0.39 is 10.0 Å². The van der Waals surface area contributed by atoms with Crippen molar-refractivity contribution in [3.05, 3.63) is 70.9 Å². The van der Waals surface area contributed by atoms with E-state index in [9.17, 15) is 13.2 Å². The highest BCUT2D eigenvalue weighted by molar-refractivity contribution is 7.89. The van der Waals surface area contributed by atoms with Gasteiger partial charge in [0.25, 0.3) is 5.91 Å². The fourth-order valence-corrected chi connectivity index (χ4v) is 7.36. The zero-order chi connectivity index (χ0) is 26.3.